The van der Waals surface area contributed by atoms with E-state index in [0.717, 1.165) is 32.4 Å². The lowest BCUT2D eigenvalue weighted by Gasteiger charge is -2.23. The molecular weight excluding hydrogens is 338 g/mol. The summed E-state index contributed by atoms with van der Waals surface area (Å²) >= 11 is 0. The average Bonchev–Trinajstić information content (AvgIpc) is 2.93. The van der Waals surface area contributed by atoms with Crippen molar-refractivity contribution in [3.05, 3.63) is 52.4 Å². The smallest absolute Gasteiger partial charge is 0.263 e. The topological polar surface area (TPSA) is 66.8 Å². The van der Waals surface area contributed by atoms with Crippen LogP contribution in [0.3, 0.4) is 0 Å². The second-order valence-electron chi connectivity index (χ2n) is 8.38. The molecule has 0 spiro atoms. The minimum atomic E-state index is -0.225. The molecule has 3 aromatic rings. The zero-order valence-electron chi connectivity index (χ0n) is 16.3. The zero-order valence-corrected chi connectivity index (χ0v) is 16.3. The number of nitrogens with zero attached hydrogens (tertiary/aromatic N) is 4. The van der Waals surface area contributed by atoms with Gasteiger partial charge in [-0.25, -0.2) is 4.68 Å². The second-order valence-corrected chi connectivity index (χ2v) is 8.38. The summed E-state index contributed by atoms with van der Waals surface area (Å²) < 4.78 is 1.84. The maximum absolute atomic E-state index is 12.6. The van der Waals surface area contributed by atoms with Crippen molar-refractivity contribution in [2.45, 2.75) is 51.5 Å². The molecule has 1 aliphatic heterocycles. The van der Waals surface area contributed by atoms with Gasteiger partial charge in [-0.2, -0.15) is 10.1 Å². The third kappa shape index (κ3) is 3.48. The van der Waals surface area contributed by atoms with Crippen molar-refractivity contribution in [1.29, 1.82) is 0 Å². The second kappa shape index (κ2) is 6.83. The number of nitrogens with one attached hydrogen (secondary N) is 1. The number of H-pyrrole nitrogens is 1. The van der Waals surface area contributed by atoms with Gasteiger partial charge in [-0.1, -0.05) is 30.3 Å². The van der Waals surface area contributed by atoms with Gasteiger partial charge in [0.25, 0.3) is 5.56 Å². The average molecular weight is 365 g/mol. The van der Waals surface area contributed by atoms with Gasteiger partial charge >= 0.3 is 0 Å². The quantitative estimate of drug-likeness (QED) is 0.753. The van der Waals surface area contributed by atoms with Gasteiger partial charge in [0.2, 0.25) is 5.95 Å². The first-order valence-corrected chi connectivity index (χ1v) is 9.72. The van der Waals surface area contributed by atoms with Gasteiger partial charge in [-0.15, -0.1) is 0 Å². The van der Waals surface area contributed by atoms with Crippen molar-refractivity contribution in [3.8, 4) is 0 Å². The lowest BCUT2D eigenvalue weighted by atomic mass is 9.92. The van der Waals surface area contributed by atoms with E-state index in [1.807, 2.05) is 4.68 Å². The van der Waals surface area contributed by atoms with Gasteiger partial charge in [-0.3, -0.25) is 9.78 Å². The van der Waals surface area contributed by atoms with Crippen LogP contribution < -0.4 is 10.5 Å². The number of aromatic nitrogens is 4. The summed E-state index contributed by atoms with van der Waals surface area (Å²) in [5.74, 6) is 1.22. The Morgan fingerprint density at radius 3 is 2.63 bits per heavy atom. The monoisotopic (exact) mass is 365 g/mol. The zero-order chi connectivity index (χ0) is 19.0. The molecule has 0 aliphatic carbocycles. The fourth-order valence-electron chi connectivity index (χ4n) is 3.91. The van der Waals surface area contributed by atoms with E-state index in [0.29, 0.717) is 22.9 Å². The number of benzene rings is 1. The molecule has 0 saturated carbocycles. The Morgan fingerprint density at radius 1 is 1.11 bits per heavy atom. The number of anilines is 1. The van der Waals surface area contributed by atoms with Gasteiger partial charge in [0, 0.05) is 13.1 Å². The first-order chi connectivity index (χ1) is 12.9. The molecule has 1 N–H and O–H groups in total. The highest BCUT2D eigenvalue weighted by molar-refractivity contribution is 5.74. The molecule has 0 radical (unpaired) electrons. The first-order valence-electron chi connectivity index (χ1n) is 9.72. The van der Waals surface area contributed by atoms with Crippen molar-refractivity contribution in [3.63, 3.8) is 0 Å². The summed E-state index contributed by atoms with van der Waals surface area (Å²) in [6, 6.07) is 10.7. The normalized spacial score (nSPS) is 18.6. The van der Waals surface area contributed by atoms with E-state index in [4.69, 9.17) is 4.98 Å². The molecule has 3 heterocycles. The number of hydrogen-bond acceptors (Lipinski definition) is 4. The standard InChI is InChI=1S/C21H27N5O/c1-21(2,3)26-18-17(14-22-26)19(27)24-20(23-18)25-12-7-10-16(11-13-25)15-8-5-4-6-9-15/h4-6,8-9,14,16H,7,10-13H2,1-3H3,(H,23,24,27). The Labute approximate surface area is 159 Å². The van der Waals surface area contributed by atoms with E-state index >= 15 is 0 Å². The maximum Gasteiger partial charge on any atom is 0.263 e. The molecule has 4 rings (SSSR count). The van der Waals surface area contributed by atoms with Crippen LogP contribution in [0.4, 0.5) is 5.95 Å². The van der Waals surface area contributed by atoms with Crippen molar-refractivity contribution >= 4 is 17.0 Å². The number of aromatic amines is 1. The predicted molar refractivity (Wildman–Crippen MR) is 108 cm³/mol. The van der Waals surface area contributed by atoms with E-state index in [2.05, 4.69) is 66.1 Å². The Hall–Kier alpha value is -2.63. The highest BCUT2D eigenvalue weighted by Gasteiger charge is 2.23. The predicted octanol–water partition coefficient (Wildman–Crippen LogP) is 3.65. The van der Waals surface area contributed by atoms with Crippen LogP contribution in [0.25, 0.3) is 11.0 Å². The van der Waals surface area contributed by atoms with E-state index in [9.17, 15) is 4.79 Å². The fraction of sp³-hybridized carbons (Fsp3) is 0.476. The summed E-state index contributed by atoms with van der Waals surface area (Å²) in [5, 5.41) is 4.95. The highest BCUT2D eigenvalue weighted by Crippen LogP contribution is 2.29. The summed E-state index contributed by atoms with van der Waals surface area (Å²) in [6.07, 6.45) is 4.92. The van der Waals surface area contributed by atoms with Crippen molar-refractivity contribution in [2.24, 2.45) is 0 Å². The highest BCUT2D eigenvalue weighted by atomic mass is 16.1. The molecule has 1 saturated heterocycles. The summed E-state index contributed by atoms with van der Waals surface area (Å²) in [4.78, 5) is 22.6. The molecule has 1 unspecified atom stereocenters. The Kier molecular flexibility index (Phi) is 4.50. The molecule has 1 aliphatic rings. The van der Waals surface area contributed by atoms with Crippen LogP contribution in [-0.4, -0.2) is 32.8 Å². The molecule has 27 heavy (non-hydrogen) atoms. The number of hydrogen-bond donors (Lipinski definition) is 1. The summed E-state index contributed by atoms with van der Waals surface area (Å²) in [5.41, 5.74) is 1.72. The van der Waals surface area contributed by atoms with Crippen molar-refractivity contribution in [1.82, 2.24) is 19.7 Å². The fourth-order valence-corrected chi connectivity index (χ4v) is 3.91. The summed E-state index contributed by atoms with van der Waals surface area (Å²) in [6.45, 7) is 7.99. The summed E-state index contributed by atoms with van der Waals surface area (Å²) in [7, 11) is 0. The van der Waals surface area contributed by atoms with Gasteiger partial charge in [0.1, 0.15) is 5.39 Å². The minimum Gasteiger partial charge on any atom is -0.342 e. The Morgan fingerprint density at radius 2 is 1.89 bits per heavy atom. The van der Waals surface area contributed by atoms with Gasteiger partial charge < -0.3 is 4.90 Å². The van der Waals surface area contributed by atoms with E-state index < -0.39 is 0 Å². The molecule has 0 amide bonds. The lowest BCUT2D eigenvalue weighted by Crippen LogP contribution is -2.29. The lowest BCUT2D eigenvalue weighted by molar-refractivity contribution is 0.366. The van der Waals surface area contributed by atoms with Crippen molar-refractivity contribution < 1.29 is 0 Å². The van der Waals surface area contributed by atoms with Crippen LogP contribution in [0.1, 0.15) is 51.5 Å². The van der Waals surface area contributed by atoms with Gasteiger partial charge in [0.05, 0.1) is 11.7 Å². The Balaban J connectivity index is 1.63. The van der Waals surface area contributed by atoms with E-state index in [1.165, 1.54) is 5.56 Å². The molecule has 2 aromatic heterocycles. The molecular formula is C21H27N5O. The molecule has 6 nitrogen and oxygen atoms in total. The van der Waals surface area contributed by atoms with E-state index in [1.54, 1.807) is 6.20 Å². The van der Waals surface area contributed by atoms with Crippen LogP contribution in [0.15, 0.2) is 41.3 Å². The maximum atomic E-state index is 12.6. The molecule has 1 atom stereocenters. The van der Waals surface area contributed by atoms with Crippen molar-refractivity contribution in [2.75, 3.05) is 18.0 Å². The SMILES string of the molecule is CC(C)(C)n1ncc2c(=O)[nH]c(N3CCCC(c4ccccc4)CC3)nc21. The van der Waals surface area contributed by atoms with Crippen LogP contribution in [-0.2, 0) is 5.54 Å². The van der Waals surface area contributed by atoms with E-state index in [-0.39, 0.29) is 11.1 Å². The van der Waals surface area contributed by atoms with Crippen LogP contribution in [0.2, 0.25) is 0 Å². The third-order valence-corrected chi connectivity index (χ3v) is 5.36. The largest absolute Gasteiger partial charge is 0.342 e. The molecule has 0 bridgehead atoms. The van der Waals surface area contributed by atoms with Gasteiger partial charge in [-0.05, 0) is 51.5 Å². The van der Waals surface area contributed by atoms with Crippen LogP contribution in [0.5, 0.6) is 0 Å². The molecule has 1 aromatic carbocycles. The Bertz CT molecular complexity index is 983. The number of fused-ring (bicyclic) bond motifs is 1. The molecule has 1 fully saturated rings. The van der Waals surface area contributed by atoms with Crippen LogP contribution in [0, 0.1) is 0 Å². The van der Waals surface area contributed by atoms with Crippen LogP contribution >= 0.6 is 0 Å². The molecule has 6 heteroatoms. The van der Waals surface area contributed by atoms with Gasteiger partial charge in [0.15, 0.2) is 5.65 Å². The first kappa shape index (κ1) is 17.8. The minimum absolute atomic E-state index is 0.116. The molecule has 142 valence electrons. The third-order valence-electron chi connectivity index (χ3n) is 5.36. The number of rotatable bonds is 2.